The van der Waals surface area contributed by atoms with Crippen LogP contribution in [0.15, 0.2) is 83.8 Å². The van der Waals surface area contributed by atoms with Crippen LogP contribution < -0.4 is 19.1 Å². The van der Waals surface area contributed by atoms with Crippen molar-refractivity contribution in [1.82, 2.24) is 0 Å². The molecule has 1 amide bonds. The van der Waals surface area contributed by atoms with E-state index in [0.717, 1.165) is 17.0 Å². The van der Waals surface area contributed by atoms with Crippen LogP contribution in [-0.4, -0.2) is 43.8 Å². The molecule has 1 aliphatic rings. The summed E-state index contributed by atoms with van der Waals surface area (Å²) in [7, 11) is 1.58. The molecule has 35 heavy (non-hydrogen) atoms. The zero-order chi connectivity index (χ0) is 24.5. The van der Waals surface area contributed by atoms with Crippen LogP contribution in [-0.2, 0) is 9.53 Å². The fourth-order valence-electron chi connectivity index (χ4n) is 3.36. The Morgan fingerprint density at radius 1 is 0.857 bits per heavy atom. The zero-order valence-electron chi connectivity index (χ0n) is 19.2. The van der Waals surface area contributed by atoms with Crippen molar-refractivity contribution in [3.05, 3.63) is 89.3 Å². The summed E-state index contributed by atoms with van der Waals surface area (Å²) in [6, 6.07) is 24.5. The van der Waals surface area contributed by atoms with Gasteiger partial charge in [-0.3, -0.25) is 9.69 Å². The molecule has 1 heterocycles. The largest absolute Gasteiger partial charge is 0.493 e. The summed E-state index contributed by atoms with van der Waals surface area (Å²) in [5.74, 6) is 1.86. The number of thioether (sulfide) groups is 1. The van der Waals surface area contributed by atoms with Gasteiger partial charge < -0.3 is 18.9 Å². The number of thiocarbonyl (C=S) groups is 1. The molecule has 0 aromatic heterocycles. The number of amides is 1. The number of nitrogens with zero attached hydrogens (tertiary/aromatic N) is 1. The lowest BCUT2D eigenvalue weighted by molar-refractivity contribution is -0.113. The fraction of sp³-hybridized carbons (Fsp3) is 0.185. The number of hydrogen-bond acceptors (Lipinski definition) is 7. The van der Waals surface area contributed by atoms with Gasteiger partial charge in [0.1, 0.15) is 19.0 Å². The van der Waals surface area contributed by atoms with Crippen molar-refractivity contribution in [3.63, 3.8) is 0 Å². The molecule has 0 aliphatic carbocycles. The predicted molar refractivity (Wildman–Crippen MR) is 143 cm³/mol. The molecule has 0 atom stereocenters. The van der Waals surface area contributed by atoms with E-state index in [1.54, 1.807) is 12.0 Å². The maximum Gasteiger partial charge on any atom is 0.270 e. The van der Waals surface area contributed by atoms with Crippen LogP contribution in [0, 0.1) is 0 Å². The lowest BCUT2D eigenvalue weighted by atomic mass is 10.2. The summed E-state index contributed by atoms with van der Waals surface area (Å²) in [4.78, 5) is 15.0. The van der Waals surface area contributed by atoms with Gasteiger partial charge in [0.25, 0.3) is 5.91 Å². The van der Waals surface area contributed by atoms with E-state index < -0.39 is 0 Å². The Morgan fingerprint density at radius 3 is 2.26 bits per heavy atom. The van der Waals surface area contributed by atoms with Gasteiger partial charge in [-0.2, -0.15) is 0 Å². The lowest BCUT2D eigenvalue weighted by Gasteiger charge is -2.14. The number of methoxy groups -OCH3 is 1. The van der Waals surface area contributed by atoms with E-state index in [9.17, 15) is 4.79 Å². The lowest BCUT2D eigenvalue weighted by Crippen LogP contribution is -2.27. The van der Waals surface area contributed by atoms with E-state index in [1.807, 2.05) is 84.9 Å². The van der Waals surface area contributed by atoms with Gasteiger partial charge in [-0.1, -0.05) is 66.4 Å². The molecular weight excluding hydrogens is 482 g/mol. The summed E-state index contributed by atoms with van der Waals surface area (Å²) >= 11 is 6.72. The molecule has 0 radical (unpaired) electrons. The normalized spacial score (nSPS) is 14.4. The summed E-state index contributed by atoms with van der Waals surface area (Å²) in [6.45, 7) is 1.73. The van der Waals surface area contributed by atoms with Gasteiger partial charge in [-0.15, -0.1) is 0 Å². The number of benzene rings is 3. The SMILES string of the molecule is COc1cc(/C=C2\SC(=S)N(c3ccccc3)C2=O)ccc1OCCOCCOc1ccccc1. The number of carbonyl (C=O) groups is 1. The second kappa shape index (κ2) is 12.4. The summed E-state index contributed by atoms with van der Waals surface area (Å²) in [5.41, 5.74) is 1.57. The molecule has 1 aliphatic heterocycles. The third kappa shape index (κ3) is 6.63. The van der Waals surface area contributed by atoms with Gasteiger partial charge in [-0.25, -0.2) is 0 Å². The van der Waals surface area contributed by atoms with E-state index >= 15 is 0 Å². The average molecular weight is 508 g/mol. The smallest absolute Gasteiger partial charge is 0.270 e. The van der Waals surface area contributed by atoms with Crippen LogP contribution in [0.1, 0.15) is 5.56 Å². The van der Waals surface area contributed by atoms with E-state index in [1.165, 1.54) is 11.8 Å². The van der Waals surface area contributed by atoms with Crippen molar-refractivity contribution < 1.29 is 23.7 Å². The van der Waals surface area contributed by atoms with Crippen molar-refractivity contribution in [1.29, 1.82) is 0 Å². The molecule has 6 nitrogen and oxygen atoms in total. The number of para-hydroxylation sites is 2. The molecule has 0 spiro atoms. The highest BCUT2D eigenvalue weighted by Gasteiger charge is 2.33. The Hall–Kier alpha value is -3.33. The van der Waals surface area contributed by atoms with E-state index in [-0.39, 0.29) is 5.91 Å². The molecule has 0 saturated carbocycles. The number of carbonyl (C=O) groups excluding carboxylic acids is 1. The topological polar surface area (TPSA) is 57.2 Å². The number of hydrogen-bond donors (Lipinski definition) is 0. The maximum atomic E-state index is 12.9. The molecule has 4 rings (SSSR count). The van der Waals surface area contributed by atoms with Crippen molar-refractivity contribution >= 4 is 46.0 Å². The predicted octanol–water partition coefficient (Wildman–Crippen LogP) is 5.58. The van der Waals surface area contributed by atoms with E-state index in [0.29, 0.717) is 47.2 Å². The van der Waals surface area contributed by atoms with Crippen molar-refractivity contribution in [2.45, 2.75) is 0 Å². The van der Waals surface area contributed by atoms with E-state index in [2.05, 4.69) is 0 Å². The highest BCUT2D eigenvalue weighted by atomic mass is 32.2. The number of rotatable bonds is 11. The monoisotopic (exact) mass is 507 g/mol. The zero-order valence-corrected chi connectivity index (χ0v) is 20.8. The Morgan fingerprint density at radius 2 is 1.54 bits per heavy atom. The molecule has 8 heteroatoms. The molecular formula is C27H25NO5S2. The minimum Gasteiger partial charge on any atom is -0.493 e. The number of ether oxygens (including phenoxy) is 4. The molecule has 180 valence electrons. The van der Waals surface area contributed by atoms with Gasteiger partial charge >= 0.3 is 0 Å². The molecule has 1 fully saturated rings. The van der Waals surface area contributed by atoms with Crippen LogP contribution in [0.2, 0.25) is 0 Å². The molecule has 3 aromatic carbocycles. The number of anilines is 1. The summed E-state index contributed by atoms with van der Waals surface area (Å²) in [5, 5.41) is 0. The minimum atomic E-state index is -0.140. The quantitative estimate of drug-likeness (QED) is 0.191. The van der Waals surface area contributed by atoms with Crippen LogP contribution in [0.5, 0.6) is 17.2 Å². The van der Waals surface area contributed by atoms with Crippen molar-refractivity contribution in [2.24, 2.45) is 0 Å². The molecule has 1 saturated heterocycles. The molecule has 0 N–H and O–H groups in total. The van der Waals surface area contributed by atoms with Gasteiger partial charge in [-0.05, 0) is 48.0 Å². The van der Waals surface area contributed by atoms with Gasteiger partial charge in [0.15, 0.2) is 15.8 Å². The Labute approximate surface area is 214 Å². The van der Waals surface area contributed by atoms with Crippen LogP contribution >= 0.6 is 24.0 Å². The maximum absolute atomic E-state index is 12.9. The summed E-state index contributed by atoms with van der Waals surface area (Å²) in [6.07, 6.45) is 1.81. The van der Waals surface area contributed by atoms with Crippen LogP contribution in [0.3, 0.4) is 0 Å². The highest BCUT2D eigenvalue weighted by Crippen LogP contribution is 2.37. The first kappa shape index (κ1) is 24.8. The van der Waals surface area contributed by atoms with Crippen molar-refractivity contribution in [3.8, 4) is 17.2 Å². The fourth-order valence-corrected chi connectivity index (χ4v) is 4.66. The van der Waals surface area contributed by atoms with Crippen molar-refractivity contribution in [2.75, 3.05) is 38.4 Å². The van der Waals surface area contributed by atoms with Crippen LogP contribution in [0.4, 0.5) is 5.69 Å². The third-order valence-corrected chi connectivity index (χ3v) is 6.32. The van der Waals surface area contributed by atoms with Gasteiger partial charge in [0.05, 0.1) is 30.9 Å². The third-order valence-electron chi connectivity index (χ3n) is 5.02. The first-order chi connectivity index (χ1) is 17.2. The Balaban J connectivity index is 1.29. The molecule has 0 unspecified atom stereocenters. The van der Waals surface area contributed by atoms with E-state index in [4.69, 9.17) is 31.2 Å². The summed E-state index contributed by atoms with van der Waals surface area (Å²) < 4.78 is 23.0. The standard InChI is InChI=1S/C27H25NO5S2/c1-30-24-18-20(19-25-26(29)28(27(34)35-25)21-8-4-2-5-9-21)12-13-23(24)33-17-15-31-14-16-32-22-10-6-3-7-11-22/h2-13,18-19H,14-17H2,1H3/b25-19-. The molecule has 3 aromatic rings. The van der Waals surface area contributed by atoms with Crippen LogP contribution in [0.25, 0.3) is 6.08 Å². The van der Waals surface area contributed by atoms with Gasteiger partial charge in [0, 0.05) is 0 Å². The highest BCUT2D eigenvalue weighted by molar-refractivity contribution is 8.27. The average Bonchev–Trinajstić information content (AvgIpc) is 3.17. The van der Waals surface area contributed by atoms with Gasteiger partial charge in [0.2, 0.25) is 0 Å². The first-order valence-electron chi connectivity index (χ1n) is 11.0. The molecule has 0 bridgehead atoms. The first-order valence-corrected chi connectivity index (χ1v) is 12.3. The minimum absolute atomic E-state index is 0.140. The Kier molecular flexibility index (Phi) is 8.78. The second-order valence-electron chi connectivity index (χ2n) is 7.39. The second-order valence-corrected chi connectivity index (χ2v) is 9.06. The Bertz CT molecular complexity index is 1180.